The Balaban J connectivity index is 1.76. The van der Waals surface area contributed by atoms with E-state index in [9.17, 15) is 5.26 Å². The molecule has 0 bridgehead atoms. The van der Waals surface area contributed by atoms with E-state index in [0.29, 0.717) is 6.04 Å². The molecule has 102 valence electrons. The van der Waals surface area contributed by atoms with Crippen LogP contribution in [0.2, 0.25) is 0 Å². The third-order valence-electron chi connectivity index (χ3n) is 4.61. The molecular weight excluding hydrogens is 252 g/mol. The standard InChI is InChI=1S/C16H22N2S/c1-12-4-5-13(10-17)16(9-12)18(14-6-7-14)11-15-3-2-8-19-15/h2-3,8,12-14,16H,4-7,9,11H2,1H3. The van der Waals surface area contributed by atoms with E-state index < -0.39 is 0 Å². The quantitative estimate of drug-likeness (QED) is 0.828. The second-order valence-electron chi connectivity index (χ2n) is 6.20. The molecule has 0 radical (unpaired) electrons. The van der Waals surface area contributed by atoms with Gasteiger partial charge in [-0.15, -0.1) is 11.3 Å². The van der Waals surface area contributed by atoms with Crippen LogP contribution in [0.25, 0.3) is 0 Å². The summed E-state index contributed by atoms with van der Waals surface area (Å²) in [5, 5.41) is 11.6. The van der Waals surface area contributed by atoms with Gasteiger partial charge in [0.05, 0.1) is 12.0 Å². The van der Waals surface area contributed by atoms with Crippen molar-refractivity contribution < 1.29 is 0 Å². The largest absolute Gasteiger partial charge is 0.291 e. The molecule has 0 N–H and O–H groups in total. The van der Waals surface area contributed by atoms with Crippen LogP contribution in [0.4, 0.5) is 0 Å². The lowest BCUT2D eigenvalue weighted by Crippen LogP contribution is -2.44. The molecule has 3 atom stereocenters. The third-order valence-corrected chi connectivity index (χ3v) is 5.47. The van der Waals surface area contributed by atoms with Crippen molar-refractivity contribution >= 4 is 11.3 Å². The van der Waals surface area contributed by atoms with Crippen molar-refractivity contribution in [3.05, 3.63) is 22.4 Å². The zero-order chi connectivity index (χ0) is 13.2. The fourth-order valence-corrected chi connectivity index (χ4v) is 4.09. The average molecular weight is 274 g/mol. The summed E-state index contributed by atoms with van der Waals surface area (Å²) in [6, 6.07) is 8.18. The van der Waals surface area contributed by atoms with E-state index in [-0.39, 0.29) is 5.92 Å². The van der Waals surface area contributed by atoms with Crippen molar-refractivity contribution in [3.8, 4) is 6.07 Å². The lowest BCUT2D eigenvalue weighted by molar-refractivity contribution is 0.0918. The molecule has 0 aromatic carbocycles. The van der Waals surface area contributed by atoms with Gasteiger partial charge in [0.25, 0.3) is 0 Å². The lowest BCUT2D eigenvalue weighted by atomic mass is 9.79. The van der Waals surface area contributed by atoms with Gasteiger partial charge in [0.2, 0.25) is 0 Å². The summed E-state index contributed by atoms with van der Waals surface area (Å²) in [5.74, 6) is 1.02. The maximum absolute atomic E-state index is 9.45. The minimum absolute atomic E-state index is 0.247. The number of nitrogens with zero attached hydrogens (tertiary/aromatic N) is 2. The molecule has 2 saturated carbocycles. The van der Waals surface area contributed by atoms with Gasteiger partial charge in [-0.25, -0.2) is 0 Å². The molecule has 1 heterocycles. The first-order valence-corrected chi connectivity index (χ1v) is 8.33. The fraction of sp³-hybridized carbons (Fsp3) is 0.688. The molecule has 3 rings (SSSR count). The van der Waals surface area contributed by atoms with E-state index >= 15 is 0 Å². The van der Waals surface area contributed by atoms with E-state index in [0.717, 1.165) is 24.9 Å². The van der Waals surface area contributed by atoms with Gasteiger partial charge < -0.3 is 0 Å². The Hall–Kier alpha value is -0.850. The molecule has 2 aliphatic carbocycles. The Morgan fingerprint density at radius 2 is 2.21 bits per heavy atom. The number of nitriles is 1. The highest BCUT2D eigenvalue weighted by Crippen LogP contribution is 2.39. The van der Waals surface area contributed by atoms with Crippen molar-refractivity contribution in [2.24, 2.45) is 11.8 Å². The molecular formula is C16H22N2S. The number of thiophene rings is 1. The highest BCUT2D eigenvalue weighted by atomic mass is 32.1. The predicted molar refractivity (Wildman–Crippen MR) is 78.8 cm³/mol. The molecule has 1 aromatic heterocycles. The van der Waals surface area contributed by atoms with Crippen LogP contribution in [0, 0.1) is 23.2 Å². The predicted octanol–water partition coefficient (Wildman–Crippen LogP) is 4.04. The molecule has 3 unspecified atom stereocenters. The second kappa shape index (κ2) is 5.64. The van der Waals surface area contributed by atoms with Crippen LogP contribution in [-0.4, -0.2) is 17.0 Å². The molecule has 0 spiro atoms. The van der Waals surface area contributed by atoms with Gasteiger partial charge in [0.15, 0.2) is 0 Å². The Labute approximate surface area is 120 Å². The maximum atomic E-state index is 9.45. The number of hydrogen-bond acceptors (Lipinski definition) is 3. The van der Waals surface area contributed by atoms with Crippen LogP contribution in [0.1, 0.15) is 43.9 Å². The molecule has 0 amide bonds. The topological polar surface area (TPSA) is 27.0 Å². The van der Waals surface area contributed by atoms with Crippen LogP contribution in [0.5, 0.6) is 0 Å². The van der Waals surface area contributed by atoms with Gasteiger partial charge >= 0.3 is 0 Å². The smallest absolute Gasteiger partial charge is 0.0672 e. The summed E-state index contributed by atoms with van der Waals surface area (Å²) in [6.07, 6.45) is 6.19. The second-order valence-corrected chi connectivity index (χ2v) is 7.24. The third kappa shape index (κ3) is 3.01. The Morgan fingerprint density at radius 3 is 2.84 bits per heavy atom. The molecule has 0 saturated heterocycles. The van der Waals surface area contributed by atoms with E-state index in [1.807, 2.05) is 11.3 Å². The monoisotopic (exact) mass is 274 g/mol. The zero-order valence-corrected chi connectivity index (χ0v) is 12.4. The molecule has 0 aliphatic heterocycles. The summed E-state index contributed by atoms with van der Waals surface area (Å²) in [4.78, 5) is 4.09. The van der Waals surface area contributed by atoms with Crippen molar-refractivity contribution in [1.29, 1.82) is 5.26 Å². The van der Waals surface area contributed by atoms with Gasteiger partial charge in [-0.2, -0.15) is 5.26 Å². The lowest BCUT2D eigenvalue weighted by Gasteiger charge is -2.39. The van der Waals surface area contributed by atoms with Crippen molar-refractivity contribution in [2.75, 3.05) is 0 Å². The molecule has 1 aromatic rings. The molecule has 2 nitrogen and oxygen atoms in total. The highest BCUT2D eigenvalue weighted by molar-refractivity contribution is 7.09. The normalized spacial score (nSPS) is 31.3. The minimum Gasteiger partial charge on any atom is -0.291 e. The minimum atomic E-state index is 0.247. The van der Waals surface area contributed by atoms with E-state index in [1.165, 1.54) is 30.6 Å². The maximum Gasteiger partial charge on any atom is 0.0672 e. The van der Waals surface area contributed by atoms with Crippen LogP contribution >= 0.6 is 11.3 Å². The molecule has 19 heavy (non-hydrogen) atoms. The SMILES string of the molecule is CC1CCC(C#N)C(N(Cc2cccs2)C2CC2)C1. The first kappa shape index (κ1) is 13.1. The first-order valence-electron chi connectivity index (χ1n) is 7.45. The van der Waals surface area contributed by atoms with Gasteiger partial charge in [0.1, 0.15) is 0 Å². The Morgan fingerprint density at radius 1 is 1.37 bits per heavy atom. The number of rotatable bonds is 4. The van der Waals surface area contributed by atoms with E-state index in [2.05, 4.69) is 35.4 Å². The average Bonchev–Trinajstić information content (AvgIpc) is 3.13. The summed E-state index contributed by atoms with van der Waals surface area (Å²) < 4.78 is 0. The van der Waals surface area contributed by atoms with Gasteiger partial charge in [-0.1, -0.05) is 13.0 Å². The van der Waals surface area contributed by atoms with Crippen molar-refractivity contribution in [2.45, 2.75) is 57.7 Å². The van der Waals surface area contributed by atoms with Gasteiger partial charge in [-0.3, -0.25) is 4.90 Å². The summed E-state index contributed by atoms with van der Waals surface area (Å²) in [6.45, 7) is 3.40. The van der Waals surface area contributed by atoms with Crippen molar-refractivity contribution in [1.82, 2.24) is 4.90 Å². The van der Waals surface area contributed by atoms with Crippen LogP contribution in [-0.2, 0) is 6.54 Å². The summed E-state index contributed by atoms with van der Waals surface area (Å²) in [5.41, 5.74) is 0. The van der Waals surface area contributed by atoms with Gasteiger partial charge in [-0.05, 0) is 49.5 Å². The summed E-state index contributed by atoms with van der Waals surface area (Å²) >= 11 is 1.85. The zero-order valence-electron chi connectivity index (χ0n) is 11.6. The van der Waals surface area contributed by atoms with Crippen molar-refractivity contribution in [3.63, 3.8) is 0 Å². The molecule has 3 heteroatoms. The van der Waals surface area contributed by atoms with Gasteiger partial charge in [0, 0.05) is 23.5 Å². The Bertz CT molecular complexity index is 444. The number of hydrogen-bond donors (Lipinski definition) is 0. The molecule has 2 fully saturated rings. The Kier molecular flexibility index (Phi) is 3.91. The van der Waals surface area contributed by atoms with E-state index in [4.69, 9.17) is 0 Å². The van der Waals surface area contributed by atoms with Crippen LogP contribution in [0.15, 0.2) is 17.5 Å². The fourth-order valence-electron chi connectivity index (χ4n) is 3.37. The molecule has 2 aliphatic rings. The first-order chi connectivity index (χ1) is 9.28. The van der Waals surface area contributed by atoms with Crippen LogP contribution < -0.4 is 0 Å². The highest BCUT2D eigenvalue weighted by Gasteiger charge is 2.40. The summed E-state index contributed by atoms with van der Waals surface area (Å²) in [7, 11) is 0. The van der Waals surface area contributed by atoms with Crippen LogP contribution in [0.3, 0.4) is 0 Å². The van der Waals surface area contributed by atoms with E-state index in [1.54, 1.807) is 0 Å².